The fourth-order valence-electron chi connectivity index (χ4n) is 3.32. The predicted molar refractivity (Wildman–Crippen MR) is 114 cm³/mol. The Morgan fingerprint density at radius 2 is 1.55 bits per heavy atom. The Bertz CT molecular complexity index is 1190. The monoisotopic (exact) mass is 381 g/mol. The van der Waals surface area contributed by atoms with Crippen LogP contribution in [-0.2, 0) is 0 Å². The summed E-state index contributed by atoms with van der Waals surface area (Å²) >= 11 is 0. The van der Waals surface area contributed by atoms with E-state index in [1.807, 2.05) is 71.4 Å². The Balaban J connectivity index is 1.79. The van der Waals surface area contributed by atoms with Crippen molar-refractivity contribution in [1.29, 1.82) is 0 Å². The molecular formula is C25H19NO3. The third-order valence-corrected chi connectivity index (χ3v) is 4.80. The van der Waals surface area contributed by atoms with Crippen molar-refractivity contribution in [1.82, 2.24) is 4.57 Å². The minimum absolute atomic E-state index is 0.0166. The molecule has 0 atom stereocenters. The number of aromatic hydroxyl groups is 2. The fraction of sp³-hybridized carbons (Fsp3) is 0. The number of hydrogen-bond donors (Lipinski definition) is 2. The molecule has 1 aromatic heterocycles. The number of para-hydroxylation sites is 1. The van der Waals surface area contributed by atoms with Crippen LogP contribution in [0.5, 0.6) is 11.5 Å². The highest BCUT2D eigenvalue weighted by Gasteiger charge is 2.14. The number of ketones is 1. The zero-order valence-electron chi connectivity index (χ0n) is 15.6. The highest BCUT2D eigenvalue weighted by Crippen LogP contribution is 2.34. The summed E-state index contributed by atoms with van der Waals surface area (Å²) in [6, 6.07) is 23.9. The van der Waals surface area contributed by atoms with Crippen LogP contribution in [0, 0.1) is 0 Å². The van der Waals surface area contributed by atoms with E-state index in [1.54, 1.807) is 6.07 Å². The molecule has 3 aromatic carbocycles. The molecule has 0 amide bonds. The third-order valence-electron chi connectivity index (χ3n) is 4.80. The lowest BCUT2D eigenvalue weighted by Crippen LogP contribution is -1.95. The van der Waals surface area contributed by atoms with Gasteiger partial charge in [-0.3, -0.25) is 4.79 Å². The van der Waals surface area contributed by atoms with Gasteiger partial charge in [0.05, 0.1) is 5.69 Å². The molecule has 0 aliphatic heterocycles. The molecule has 4 aromatic rings. The van der Waals surface area contributed by atoms with E-state index >= 15 is 0 Å². The summed E-state index contributed by atoms with van der Waals surface area (Å²) in [4.78, 5) is 12.2. The van der Waals surface area contributed by atoms with Gasteiger partial charge in [0.1, 0.15) is 11.5 Å². The van der Waals surface area contributed by atoms with Crippen LogP contribution >= 0.6 is 0 Å². The average molecular weight is 381 g/mol. The van der Waals surface area contributed by atoms with Crippen molar-refractivity contribution >= 4 is 5.78 Å². The molecule has 0 bridgehead atoms. The van der Waals surface area contributed by atoms with Crippen LogP contribution in [0.3, 0.4) is 0 Å². The molecule has 0 aliphatic carbocycles. The third kappa shape index (κ3) is 3.56. The van der Waals surface area contributed by atoms with Crippen LogP contribution in [-0.4, -0.2) is 20.6 Å². The van der Waals surface area contributed by atoms with E-state index in [4.69, 9.17) is 0 Å². The van der Waals surface area contributed by atoms with Gasteiger partial charge in [0, 0.05) is 29.1 Å². The molecule has 1 heterocycles. The lowest BCUT2D eigenvalue weighted by molar-refractivity contribution is 0.104. The lowest BCUT2D eigenvalue weighted by atomic mass is 10.0. The van der Waals surface area contributed by atoms with Crippen LogP contribution in [0.1, 0.15) is 10.4 Å². The van der Waals surface area contributed by atoms with E-state index in [1.165, 1.54) is 18.2 Å². The second kappa shape index (κ2) is 7.52. The van der Waals surface area contributed by atoms with Gasteiger partial charge in [0.25, 0.3) is 0 Å². The maximum Gasteiger partial charge on any atom is 0.186 e. The second-order valence-corrected chi connectivity index (χ2v) is 6.67. The zero-order chi connectivity index (χ0) is 20.4. The number of phenols is 2. The Morgan fingerprint density at radius 3 is 2.21 bits per heavy atom. The molecule has 0 aliphatic rings. The van der Waals surface area contributed by atoms with Crippen LogP contribution in [0.4, 0.5) is 0 Å². The molecule has 4 rings (SSSR count). The quantitative estimate of drug-likeness (QED) is 0.350. The first-order valence-corrected chi connectivity index (χ1v) is 9.14. The molecule has 2 N–H and O–H groups in total. The van der Waals surface area contributed by atoms with Crippen LogP contribution < -0.4 is 0 Å². The van der Waals surface area contributed by atoms with Crippen molar-refractivity contribution < 1.29 is 15.0 Å². The van der Waals surface area contributed by atoms with Gasteiger partial charge in [-0.2, -0.15) is 0 Å². The second-order valence-electron chi connectivity index (χ2n) is 6.67. The molecule has 4 heteroatoms. The largest absolute Gasteiger partial charge is 0.508 e. The number of phenolic OH excluding ortho intramolecular Hbond substituents is 2. The van der Waals surface area contributed by atoms with Gasteiger partial charge in [-0.1, -0.05) is 49.0 Å². The summed E-state index contributed by atoms with van der Waals surface area (Å²) in [5.41, 5.74) is 4.79. The number of carbonyl (C=O) groups excluding carboxylic acids is 1. The van der Waals surface area contributed by atoms with Gasteiger partial charge >= 0.3 is 0 Å². The van der Waals surface area contributed by atoms with E-state index in [9.17, 15) is 15.0 Å². The number of allylic oxidation sites excluding steroid dienone is 1. The summed E-state index contributed by atoms with van der Waals surface area (Å²) in [6.07, 6.45) is 3.12. The van der Waals surface area contributed by atoms with Crippen molar-refractivity contribution in [2.24, 2.45) is 0 Å². The Labute approximate surface area is 168 Å². The summed E-state index contributed by atoms with van der Waals surface area (Å²) in [6.45, 7) is 3.58. The number of nitrogens with zero attached hydrogens (tertiary/aromatic N) is 1. The smallest absolute Gasteiger partial charge is 0.186 e. The van der Waals surface area contributed by atoms with E-state index < -0.39 is 0 Å². The van der Waals surface area contributed by atoms with Gasteiger partial charge in [0.15, 0.2) is 5.78 Å². The van der Waals surface area contributed by atoms with E-state index in [0.29, 0.717) is 11.1 Å². The van der Waals surface area contributed by atoms with Crippen LogP contribution in [0.2, 0.25) is 0 Å². The average Bonchev–Trinajstić information content (AvgIpc) is 3.19. The van der Waals surface area contributed by atoms with Crippen molar-refractivity contribution in [2.75, 3.05) is 0 Å². The highest BCUT2D eigenvalue weighted by atomic mass is 16.3. The first-order chi connectivity index (χ1) is 14.1. The Morgan fingerprint density at radius 1 is 0.862 bits per heavy atom. The van der Waals surface area contributed by atoms with E-state index in [2.05, 4.69) is 6.58 Å². The molecule has 142 valence electrons. The van der Waals surface area contributed by atoms with Crippen molar-refractivity contribution in [3.63, 3.8) is 0 Å². The molecular weight excluding hydrogens is 362 g/mol. The molecule has 0 fully saturated rings. The molecule has 0 saturated carbocycles. The summed E-state index contributed by atoms with van der Waals surface area (Å²) in [5, 5.41) is 19.6. The molecule has 4 nitrogen and oxygen atoms in total. The Hall–Kier alpha value is -4.05. The number of benzene rings is 3. The highest BCUT2D eigenvalue weighted by molar-refractivity contribution is 6.05. The standard InChI is InChI=1S/C25H19NO3/c1-2-24(28)19-14-23(26(16-19)20-6-4-3-5-7-20)18-10-8-17(9-11-18)22-13-12-21(27)15-25(22)29/h2-16,27,29H,1H2. The first kappa shape index (κ1) is 18.3. The normalized spacial score (nSPS) is 10.6. The zero-order valence-corrected chi connectivity index (χ0v) is 15.6. The number of aromatic nitrogens is 1. The lowest BCUT2D eigenvalue weighted by Gasteiger charge is -2.11. The van der Waals surface area contributed by atoms with Crippen molar-refractivity contribution in [2.45, 2.75) is 0 Å². The maximum absolute atomic E-state index is 12.2. The van der Waals surface area contributed by atoms with Gasteiger partial charge < -0.3 is 14.8 Å². The summed E-state index contributed by atoms with van der Waals surface area (Å²) < 4.78 is 1.98. The topological polar surface area (TPSA) is 62.5 Å². The van der Waals surface area contributed by atoms with Gasteiger partial charge in [-0.05, 0) is 47.5 Å². The predicted octanol–water partition coefficient (Wildman–Crippen LogP) is 5.59. The molecule has 0 unspecified atom stereocenters. The minimum Gasteiger partial charge on any atom is -0.508 e. The molecule has 0 saturated heterocycles. The van der Waals surface area contributed by atoms with Crippen LogP contribution in [0.25, 0.3) is 28.1 Å². The summed E-state index contributed by atoms with van der Waals surface area (Å²) in [7, 11) is 0. The van der Waals surface area contributed by atoms with Crippen LogP contribution in [0.15, 0.2) is 97.7 Å². The van der Waals surface area contributed by atoms with Gasteiger partial charge in [-0.25, -0.2) is 0 Å². The van der Waals surface area contributed by atoms with E-state index in [0.717, 1.165) is 22.5 Å². The molecule has 29 heavy (non-hydrogen) atoms. The first-order valence-electron chi connectivity index (χ1n) is 9.14. The maximum atomic E-state index is 12.2. The fourth-order valence-corrected chi connectivity index (χ4v) is 3.32. The Kier molecular flexibility index (Phi) is 4.75. The van der Waals surface area contributed by atoms with E-state index in [-0.39, 0.29) is 17.3 Å². The SMILES string of the molecule is C=CC(=O)c1cc(-c2ccc(-c3ccc(O)cc3O)cc2)n(-c2ccccc2)c1. The summed E-state index contributed by atoms with van der Waals surface area (Å²) in [5.74, 6) is -0.0983. The number of rotatable bonds is 5. The number of carbonyl (C=O) groups is 1. The molecule has 0 radical (unpaired) electrons. The number of hydrogen-bond acceptors (Lipinski definition) is 3. The van der Waals surface area contributed by atoms with Gasteiger partial charge in [-0.15, -0.1) is 0 Å². The van der Waals surface area contributed by atoms with Crippen molar-refractivity contribution in [3.8, 4) is 39.6 Å². The minimum atomic E-state index is -0.133. The van der Waals surface area contributed by atoms with Gasteiger partial charge in [0.2, 0.25) is 0 Å². The molecule has 0 spiro atoms. The van der Waals surface area contributed by atoms with Crippen molar-refractivity contribution in [3.05, 3.63) is 103 Å².